The Morgan fingerprint density at radius 1 is 1.53 bits per heavy atom. The van der Waals surface area contributed by atoms with Gasteiger partial charge in [-0.05, 0) is 33.7 Å². The maximum Gasteiger partial charge on any atom is 0.320 e. The number of likely N-dealkylation sites (N-methyl/N-ethyl adjacent to an activating group) is 1. The summed E-state index contributed by atoms with van der Waals surface area (Å²) >= 11 is 0. The highest BCUT2D eigenvalue weighted by atomic mass is 16.5. The fourth-order valence-corrected chi connectivity index (χ4v) is 1.86. The van der Waals surface area contributed by atoms with E-state index in [1.807, 2.05) is 18.9 Å². The van der Waals surface area contributed by atoms with Crippen LogP contribution in [0.4, 0.5) is 0 Å². The minimum atomic E-state index is -0.161. The van der Waals surface area contributed by atoms with Crippen molar-refractivity contribution in [3.63, 3.8) is 0 Å². The van der Waals surface area contributed by atoms with Crippen molar-refractivity contribution in [3.8, 4) is 0 Å². The molecule has 4 nitrogen and oxygen atoms in total. The van der Waals surface area contributed by atoms with Gasteiger partial charge in [-0.3, -0.25) is 9.69 Å². The molecular formula is C11H21NO3. The van der Waals surface area contributed by atoms with Crippen LogP contribution >= 0.6 is 0 Å². The summed E-state index contributed by atoms with van der Waals surface area (Å²) in [5.41, 5.74) is 0. The Balaban J connectivity index is 2.18. The monoisotopic (exact) mass is 215 g/mol. The fourth-order valence-electron chi connectivity index (χ4n) is 1.86. The van der Waals surface area contributed by atoms with E-state index in [0.717, 1.165) is 19.4 Å². The average molecular weight is 215 g/mol. The van der Waals surface area contributed by atoms with Crippen molar-refractivity contribution in [1.29, 1.82) is 0 Å². The molecule has 1 aliphatic rings. The van der Waals surface area contributed by atoms with Crippen LogP contribution in [0.25, 0.3) is 0 Å². The Bertz CT molecular complexity index is 208. The minimum Gasteiger partial charge on any atom is -0.465 e. The minimum absolute atomic E-state index is 0.161. The zero-order valence-corrected chi connectivity index (χ0v) is 9.86. The first-order chi connectivity index (χ1) is 7.11. The molecule has 2 atom stereocenters. The maximum absolute atomic E-state index is 11.2. The van der Waals surface area contributed by atoms with Crippen LogP contribution < -0.4 is 0 Å². The number of ether oxygens (including phenoxy) is 2. The zero-order valence-electron chi connectivity index (χ0n) is 9.86. The van der Waals surface area contributed by atoms with Crippen LogP contribution in [0.15, 0.2) is 0 Å². The van der Waals surface area contributed by atoms with Gasteiger partial charge >= 0.3 is 5.97 Å². The van der Waals surface area contributed by atoms with Gasteiger partial charge in [0.1, 0.15) is 0 Å². The van der Waals surface area contributed by atoms with Gasteiger partial charge in [0.05, 0.1) is 25.4 Å². The molecule has 15 heavy (non-hydrogen) atoms. The van der Waals surface area contributed by atoms with Crippen molar-refractivity contribution >= 4 is 5.97 Å². The molecule has 1 fully saturated rings. The lowest BCUT2D eigenvalue weighted by atomic mass is 10.2. The summed E-state index contributed by atoms with van der Waals surface area (Å²) in [6.45, 7) is 5.51. The van der Waals surface area contributed by atoms with E-state index in [1.165, 1.54) is 0 Å². The molecule has 0 aromatic rings. The second-order valence-electron chi connectivity index (χ2n) is 4.15. The fraction of sp³-hybridized carbons (Fsp3) is 0.909. The molecule has 0 aromatic heterocycles. The van der Waals surface area contributed by atoms with E-state index in [1.54, 1.807) is 0 Å². The molecule has 0 spiro atoms. The van der Waals surface area contributed by atoms with Gasteiger partial charge in [-0.15, -0.1) is 0 Å². The van der Waals surface area contributed by atoms with E-state index < -0.39 is 0 Å². The molecule has 4 heteroatoms. The molecule has 88 valence electrons. The summed E-state index contributed by atoms with van der Waals surface area (Å²) in [6.07, 6.45) is 2.86. The Morgan fingerprint density at radius 2 is 2.27 bits per heavy atom. The smallest absolute Gasteiger partial charge is 0.320 e. The molecule has 0 N–H and O–H groups in total. The predicted molar refractivity (Wildman–Crippen MR) is 57.7 cm³/mol. The molecule has 0 radical (unpaired) electrons. The Kier molecular flexibility index (Phi) is 5.05. The van der Waals surface area contributed by atoms with E-state index in [2.05, 4.69) is 6.92 Å². The molecule has 1 saturated heterocycles. The molecule has 0 amide bonds. The van der Waals surface area contributed by atoms with Crippen molar-refractivity contribution in [2.75, 3.05) is 26.7 Å². The van der Waals surface area contributed by atoms with Crippen molar-refractivity contribution in [3.05, 3.63) is 0 Å². The Morgan fingerprint density at radius 3 is 2.80 bits per heavy atom. The number of hydrogen-bond acceptors (Lipinski definition) is 4. The highest BCUT2D eigenvalue weighted by Gasteiger charge is 2.23. The Labute approximate surface area is 91.5 Å². The van der Waals surface area contributed by atoms with Crippen LogP contribution in [-0.4, -0.2) is 49.8 Å². The summed E-state index contributed by atoms with van der Waals surface area (Å²) in [6, 6.07) is 0. The van der Waals surface area contributed by atoms with Crippen molar-refractivity contribution in [1.82, 2.24) is 4.90 Å². The molecule has 0 saturated carbocycles. The van der Waals surface area contributed by atoms with Gasteiger partial charge in [0, 0.05) is 6.54 Å². The molecule has 1 heterocycles. The largest absolute Gasteiger partial charge is 0.465 e. The standard InChI is InChI=1S/C11H21NO3/c1-4-14-11(13)8-12(3)7-10-6-5-9(2)15-10/h9-10H,4-8H2,1-3H3. The number of rotatable bonds is 5. The lowest BCUT2D eigenvalue weighted by molar-refractivity contribution is -0.144. The van der Waals surface area contributed by atoms with E-state index in [4.69, 9.17) is 9.47 Å². The summed E-state index contributed by atoms with van der Waals surface area (Å²) in [4.78, 5) is 13.1. The van der Waals surface area contributed by atoms with Crippen LogP contribution in [-0.2, 0) is 14.3 Å². The van der Waals surface area contributed by atoms with Gasteiger partial charge in [-0.2, -0.15) is 0 Å². The van der Waals surface area contributed by atoms with Crippen LogP contribution in [0.2, 0.25) is 0 Å². The summed E-state index contributed by atoms with van der Waals surface area (Å²) < 4.78 is 10.6. The van der Waals surface area contributed by atoms with Crippen molar-refractivity contribution in [2.45, 2.75) is 38.9 Å². The van der Waals surface area contributed by atoms with Crippen LogP contribution in [0.1, 0.15) is 26.7 Å². The number of carbonyl (C=O) groups is 1. The normalized spacial score (nSPS) is 25.9. The number of nitrogens with zero attached hydrogens (tertiary/aromatic N) is 1. The third-order valence-electron chi connectivity index (χ3n) is 2.54. The second-order valence-corrected chi connectivity index (χ2v) is 4.15. The van der Waals surface area contributed by atoms with Gasteiger partial charge in [-0.25, -0.2) is 0 Å². The predicted octanol–water partition coefficient (Wildman–Crippen LogP) is 1.05. The van der Waals surface area contributed by atoms with Gasteiger partial charge in [0.15, 0.2) is 0 Å². The molecule has 0 aliphatic carbocycles. The van der Waals surface area contributed by atoms with E-state index in [9.17, 15) is 4.79 Å². The van der Waals surface area contributed by atoms with Crippen LogP contribution in [0, 0.1) is 0 Å². The molecular weight excluding hydrogens is 194 g/mol. The second kappa shape index (κ2) is 6.08. The first-order valence-corrected chi connectivity index (χ1v) is 5.61. The summed E-state index contributed by atoms with van der Waals surface area (Å²) in [5, 5.41) is 0. The van der Waals surface area contributed by atoms with Crippen LogP contribution in [0.5, 0.6) is 0 Å². The highest BCUT2D eigenvalue weighted by molar-refractivity contribution is 5.71. The molecule has 0 aromatic carbocycles. The van der Waals surface area contributed by atoms with Crippen molar-refractivity contribution < 1.29 is 14.3 Å². The van der Waals surface area contributed by atoms with Crippen molar-refractivity contribution in [2.24, 2.45) is 0 Å². The quantitative estimate of drug-likeness (QED) is 0.643. The highest BCUT2D eigenvalue weighted by Crippen LogP contribution is 2.19. The van der Waals surface area contributed by atoms with E-state index in [-0.39, 0.29) is 12.1 Å². The lowest BCUT2D eigenvalue weighted by Gasteiger charge is -2.19. The molecule has 0 bridgehead atoms. The average Bonchev–Trinajstić information content (AvgIpc) is 2.51. The van der Waals surface area contributed by atoms with Gasteiger partial charge in [-0.1, -0.05) is 0 Å². The lowest BCUT2D eigenvalue weighted by Crippen LogP contribution is -2.34. The maximum atomic E-state index is 11.2. The summed E-state index contributed by atoms with van der Waals surface area (Å²) in [7, 11) is 1.92. The third kappa shape index (κ3) is 4.62. The Hall–Kier alpha value is -0.610. The first kappa shape index (κ1) is 12.5. The SMILES string of the molecule is CCOC(=O)CN(C)CC1CCC(C)O1. The topological polar surface area (TPSA) is 38.8 Å². The zero-order chi connectivity index (χ0) is 11.3. The third-order valence-corrected chi connectivity index (χ3v) is 2.54. The molecule has 2 unspecified atom stereocenters. The van der Waals surface area contributed by atoms with Gasteiger partial charge < -0.3 is 9.47 Å². The summed E-state index contributed by atoms with van der Waals surface area (Å²) in [5.74, 6) is -0.161. The van der Waals surface area contributed by atoms with Gasteiger partial charge in [0.25, 0.3) is 0 Å². The number of carbonyl (C=O) groups excluding carboxylic acids is 1. The van der Waals surface area contributed by atoms with Gasteiger partial charge in [0.2, 0.25) is 0 Å². The van der Waals surface area contributed by atoms with E-state index in [0.29, 0.717) is 19.3 Å². The number of esters is 1. The first-order valence-electron chi connectivity index (χ1n) is 5.61. The molecule has 1 rings (SSSR count). The molecule has 1 aliphatic heterocycles. The van der Waals surface area contributed by atoms with E-state index >= 15 is 0 Å². The number of hydrogen-bond donors (Lipinski definition) is 0. The van der Waals surface area contributed by atoms with Crippen LogP contribution in [0.3, 0.4) is 0 Å².